The van der Waals surface area contributed by atoms with E-state index in [1.807, 2.05) is 26.0 Å². The molecule has 156 valence electrons. The maximum atomic E-state index is 5.64. The lowest BCUT2D eigenvalue weighted by molar-refractivity contribution is 0.288. The summed E-state index contributed by atoms with van der Waals surface area (Å²) in [6.07, 6.45) is 0.857. The quantitative estimate of drug-likeness (QED) is 0.300. The van der Waals surface area contributed by atoms with Crippen molar-refractivity contribution in [2.75, 3.05) is 34.4 Å². The molecule has 7 nitrogen and oxygen atoms in total. The summed E-state index contributed by atoms with van der Waals surface area (Å²) in [5.74, 6) is 2.64. The number of nitrogens with one attached hydrogen (secondary N) is 2. The van der Waals surface area contributed by atoms with Gasteiger partial charge in [-0.1, -0.05) is 0 Å². The summed E-state index contributed by atoms with van der Waals surface area (Å²) in [5, 5.41) is 9.78. The van der Waals surface area contributed by atoms with E-state index >= 15 is 0 Å². The van der Waals surface area contributed by atoms with Crippen LogP contribution in [0.1, 0.15) is 23.2 Å². The lowest BCUT2D eigenvalue weighted by atomic mass is 10.2. The molecular formula is C19H29IN4O3S. The molecule has 0 unspecified atom stereocenters. The lowest BCUT2D eigenvalue weighted by Gasteiger charge is -2.16. The van der Waals surface area contributed by atoms with E-state index in [9.17, 15) is 0 Å². The molecule has 0 amide bonds. The first-order chi connectivity index (χ1) is 13.1. The number of nitrogens with zero attached hydrogens (tertiary/aromatic N) is 2. The highest BCUT2D eigenvalue weighted by Crippen LogP contribution is 2.38. The van der Waals surface area contributed by atoms with Crippen LogP contribution in [0.4, 0.5) is 0 Å². The molecule has 1 heterocycles. The minimum Gasteiger partial charge on any atom is -0.493 e. The summed E-state index contributed by atoms with van der Waals surface area (Å²) >= 11 is 1.67. The number of methoxy groups -OCH3 is 2. The van der Waals surface area contributed by atoms with Gasteiger partial charge >= 0.3 is 0 Å². The van der Waals surface area contributed by atoms with Crippen molar-refractivity contribution < 1.29 is 14.2 Å². The SMILES string of the molecule is CCOc1c(OC)cc(CNC(=NC)NCCc2csc(C)n2)cc1OC.I. The lowest BCUT2D eigenvalue weighted by Crippen LogP contribution is -2.37. The van der Waals surface area contributed by atoms with E-state index < -0.39 is 0 Å². The fraction of sp³-hybridized carbons (Fsp3) is 0.474. The fourth-order valence-electron chi connectivity index (χ4n) is 2.56. The number of aliphatic imine (C=N–C) groups is 1. The van der Waals surface area contributed by atoms with Crippen molar-refractivity contribution in [3.63, 3.8) is 0 Å². The Labute approximate surface area is 187 Å². The molecule has 0 aliphatic carbocycles. The third kappa shape index (κ3) is 7.01. The van der Waals surface area contributed by atoms with Gasteiger partial charge in [-0.25, -0.2) is 4.98 Å². The number of rotatable bonds is 9. The van der Waals surface area contributed by atoms with Crippen molar-refractivity contribution >= 4 is 41.3 Å². The zero-order valence-electron chi connectivity index (χ0n) is 17.0. The van der Waals surface area contributed by atoms with Gasteiger partial charge in [0.2, 0.25) is 5.75 Å². The molecule has 1 aromatic carbocycles. The predicted molar refractivity (Wildman–Crippen MR) is 125 cm³/mol. The zero-order valence-corrected chi connectivity index (χ0v) is 20.1. The molecule has 0 saturated heterocycles. The molecule has 2 N–H and O–H groups in total. The Morgan fingerprint density at radius 3 is 2.36 bits per heavy atom. The number of ether oxygens (including phenoxy) is 3. The Morgan fingerprint density at radius 1 is 1.18 bits per heavy atom. The minimum atomic E-state index is 0. The number of thiazole rings is 1. The second-order valence-corrected chi connectivity index (χ2v) is 6.79. The monoisotopic (exact) mass is 520 g/mol. The van der Waals surface area contributed by atoms with Gasteiger partial charge in [0.05, 0.1) is 31.5 Å². The number of aryl methyl sites for hydroxylation is 1. The fourth-order valence-corrected chi connectivity index (χ4v) is 3.21. The van der Waals surface area contributed by atoms with Crippen molar-refractivity contribution in [3.05, 3.63) is 33.8 Å². The van der Waals surface area contributed by atoms with Crippen LogP contribution in [0.2, 0.25) is 0 Å². The van der Waals surface area contributed by atoms with Crippen LogP contribution in [0.5, 0.6) is 17.2 Å². The van der Waals surface area contributed by atoms with Gasteiger partial charge in [-0.15, -0.1) is 35.3 Å². The topological polar surface area (TPSA) is 77.0 Å². The number of hydrogen-bond donors (Lipinski definition) is 2. The molecule has 0 spiro atoms. The molecule has 0 fully saturated rings. The molecule has 2 aromatic rings. The van der Waals surface area contributed by atoms with Gasteiger partial charge in [0.1, 0.15) is 0 Å². The third-order valence-corrected chi connectivity index (χ3v) is 4.66. The van der Waals surface area contributed by atoms with E-state index in [4.69, 9.17) is 14.2 Å². The van der Waals surface area contributed by atoms with Crippen LogP contribution in [0.25, 0.3) is 0 Å². The Morgan fingerprint density at radius 2 is 1.86 bits per heavy atom. The summed E-state index contributed by atoms with van der Waals surface area (Å²) in [6.45, 7) is 5.82. The highest BCUT2D eigenvalue weighted by Gasteiger charge is 2.14. The molecule has 0 radical (unpaired) electrons. The van der Waals surface area contributed by atoms with E-state index in [-0.39, 0.29) is 24.0 Å². The third-order valence-electron chi connectivity index (χ3n) is 3.83. The molecule has 1 aromatic heterocycles. The van der Waals surface area contributed by atoms with Crippen molar-refractivity contribution in [2.24, 2.45) is 4.99 Å². The summed E-state index contributed by atoms with van der Waals surface area (Å²) in [5.41, 5.74) is 2.10. The summed E-state index contributed by atoms with van der Waals surface area (Å²) in [4.78, 5) is 8.73. The van der Waals surface area contributed by atoms with Gasteiger partial charge in [-0.3, -0.25) is 4.99 Å². The molecule has 2 rings (SSSR count). The standard InChI is InChI=1S/C19H28N4O3S.HI/c1-6-26-18-16(24-4)9-14(10-17(18)25-5)11-22-19(20-3)21-8-7-15-12-27-13(2)23-15;/h9-10,12H,6-8,11H2,1-5H3,(H2,20,21,22);1H. The Balaban J connectivity index is 0.00000392. The van der Waals surface area contributed by atoms with Crippen molar-refractivity contribution in [3.8, 4) is 17.2 Å². The van der Waals surface area contributed by atoms with Crippen LogP contribution < -0.4 is 24.8 Å². The van der Waals surface area contributed by atoms with Crippen LogP contribution >= 0.6 is 35.3 Å². The van der Waals surface area contributed by atoms with Crippen molar-refractivity contribution in [1.29, 1.82) is 0 Å². The molecule has 9 heteroatoms. The minimum absolute atomic E-state index is 0. The molecule has 0 atom stereocenters. The van der Waals surface area contributed by atoms with Crippen LogP contribution in [0.3, 0.4) is 0 Å². The van der Waals surface area contributed by atoms with Crippen LogP contribution in [-0.4, -0.2) is 45.4 Å². The van der Waals surface area contributed by atoms with E-state index in [1.165, 1.54) is 0 Å². The molecule has 0 bridgehead atoms. The average molecular weight is 520 g/mol. The number of aromatic nitrogens is 1. The van der Waals surface area contributed by atoms with Crippen LogP contribution in [0, 0.1) is 6.92 Å². The molecule has 0 aliphatic heterocycles. The van der Waals surface area contributed by atoms with Gasteiger partial charge in [-0.05, 0) is 31.5 Å². The molecule has 0 saturated carbocycles. The largest absolute Gasteiger partial charge is 0.493 e. The number of benzene rings is 1. The van der Waals surface area contributed by atoms with E-state index in [0.717, 1.165) is 35.2 Å². The summed E-state index contributed by atoms with van der Waals surface area (Å²) in [6, 6.07) is 3.87. The predicted octanol–water partition coefficient (Wildman–Crippen LogP) is 3.39. The van der Waals surface area contributed by atoms with Crippen LogP contribution in [-0.2, 0) is 13.0 Å². The Kier molecular flexibility index (Phi) is 11.0. The van der Waals surface area contributed by atoms with Gasteiger partial charge in [0.15, 0.2) is 17.5 Å². The second kappa shape index (κ2) is 12.7. The smallest absolute Gasteiger partial charge is 0.203 e. The number of halogens is 1. The number of guanidine groups is 1. The first-order valence-corrected chi connectivity index (χ1v) is 9.72. The van der Waals surface area contributed by atoms with Gasteiger partial charge in [0.25, 0.3) is 0 Å². The summed E-state index contributed by atoms with van der Waals surface area (Å²) < 4.78 is 16.5. The van der Waals surface area contributed by atoms with E-state index in [2.05, 4.69) is 26.0 Å². The van der Waals surface area contributed by atoms with E-state index in [1.54, 1.807) is 32.6 Å². The molecular weight excluding hydrogens is 491 g/mol. The number of hydrogen-bond acceptors (Lipinski definition) is 6. The highest BCUT2D eigenvalue weighted by molar-refractivity contribution is 14.0. The maximum absolute atomic E-state index is 5.64. The second-order valence-electron chi connectivity index (χ2n) is 5.72. The highest BCUT2D eigenvalue weighted by atomic mass is 127. The first-order valence-electron chi connectivity index (χ1n) is 8.84. The van der Waals surface area contributed by atoms with Gasteiger partial charge in [0, 0.05) is 31.9 Å². The Hall–Kier alpha value is -1.75. The first kappa shape index (κ1) is 24.3. The molecule has 0 aliphatic rings. The van der Waals surface area contributed by atoms with Crippen LogP contribution in [0.15, 0.2) is 22.5 Å². The normalized spacial score (nSPS) is 10.8. The van der Waals surface area contributed by atoms with Crippen molar-refractivity contribution in [2.45, 2.75) is 26.8 Å². The van der Waals surface area contributed by atoms with Gasteiger partial charge < -0.3 is 24.8 Å². The Bertz CT molecular complexity index is 742. The van der Waals surface area contributed by atoms with Gasteiger partial charge in [-0.2, -0.15) is 0 Å². The molecule has 28 heavy (non-hydrogen) atoms. The van der Waals surface area contributed by atoms with Crippen molar-refractivity contribution in [1.82, 2.24) is 15.6 Å². The average Bonchev–Trinajstić information content (AvgIpc) is 3.10. The van der Waals surface area contributed by atoms with E-state index in [0.29, 0.717) is 30.4 Å². The maximum Gasteiger partial charge on any atom is 0.203 e. The zero-order chi connectivity index (χ0) is 19.6. The summed E-state index contributed by atoms with van der Waals surface area (Å²) in [7, 11) is 4.99.